The minimum atomic E-state index is 0.568. The maximum Gasteiger partial charge on any atom is 0.238 e. The van der Waals surface area contributed by atoms with Crippen molar-refractivity contribution in [3.63, 3.8) is 0 Å². The number of hydrogen-bond donors (Lipinski definition) is 0. The second-order valence-electron chi connectivity index (χ2n) is 14.3. The van der Waals surface area contributed by atoms with E-state index in [1.807, 2.05) is 79.0 Å². The van der Waals surface area contributed by atoms with Crippen LogP contribution in [-0.2, 0) is 0 Å². The number of pyridine rings is 1. The zero-order valence-corrected chi connectivity index (χ0v) is 30.4. The maximum absolute atomic E-state index is 6.15. The molecule has 5 heterocycles. The normalized spacial score (nSPS) is 11.9. The zero-order chi connectivity index (χ0) is 37.5. The molecule has 7 nitrogen and oxygen atoms in total. The Morgan fingerprint density at radius 2 is 0.930 bits per heavy atom. The molecule has 0 unspecified atom stereocenters. The summed E-state index contributed by atoms with van der Waals surface area (Å²) in [6.07, 6.45) is 1.82. The third-order valence-corrected chi connectivity index (χ3v) is 11.0. The molecule has 57 heavy (non-hydrogen) atoms. The Balaban J connectivity index is 1.08. The highest BCUT2D eigenvalue weighted by molar-refractivity contribution is 6.12. The molecule has 0 aliphatic rings. The molecular formula is C50H30N6O. The zero-order valence-electron chi connectivity index (χ0n) is 30.4. The van der Waals surface area contributed by atoms with E-state index < -0.39 is 0 Å². The molecule has 0 aliphatic carbocycles. The van der Waals surface area contributed by atoms with Crippen LogP contribution >= 0.6 is 0 Å². The lowest BCUT2D eigenvalue weighted by Crippen LogP contribution is -2.06. The van der Waals surface area contributed by atoms with Gasteiger partial charge in [-0.1, -0.05) is 121 Å². The van der Waals surface area contributed by atoms with Crippen LogP contribution in [0, 0.1) is 0 Å². The van der Waals surface area contributed by atoms with Crippen molar-refractivity contribution in [2.24, 2.45) is 0 Å². The van der Waals surface area contributed by atoms with Crippen molar-refractivity contribution < 1.29 is 4.42 Å². The Bertz CT molecular complexity index is 3470. The van der Waals surface area contributed by atoms with Gasteiger partial charge in [0.15, 0.2) is 17.2 Å². The Labute approximate surface area is 325 Å². The molecular weight excluding hydrogens is 701 g/mol. The predicted molar refractivity (Wildman–Crippen MR) is 230 cm³/mol. The number of hydrogen-bond acceptors (Lipinski definition) is 5. The van der Waals surface area contributed by atoms with Gasteiger partial charge in [0.1, 0.15) is 11.1 Å². The molecule has 12 rings (SSSR count). The topological polar surface area (TPSA) is 74.6 Å². The number of furan rings is 1. The van der Waals surface area contributed by atoms with Crippen molar-refractivity contribution in [3.05, 3.63) is 182 Å². The van der Waals surface area contributed by atoms with Crippen molar-refractivity contribution in [1.29, 1.82) is 0 Å². The summed E-state index contributed by atoms with van der Waals surface area (Å²) >= 11 is 0. The lowest BCUT2D eigenvalue weighted by molar-refractivity contribution is 0.668. The summed E-state index contributed by atoms with van der Waals surface area (Å²) in [7, 11) is 0. The van der Waals surface area contributed by atoms with E-state index in [0.717, 1.165) is 82.8 Å². The monoisotopic (exact) mass is 730 g/mol. The van der Waals surface area contributed by atoms with Crippen LogP contribution in [0.4, 0.5) is 0 Å². The van der Waals surface area contributed by atoms with Crippen molar-refractivity contribution in [2.75, 3.05) is 0 Å². The summed E-state index contributed by atoms with van der Waals surface area (Å²) < 4.78 is 10.7. The van der Waals surface area contributed by atoms with E-state index in [1.54, 1.807) is 0 Å². The van der Waals surface area contributed by atoms with Crippen LogP contribution in [0.2, 0.25) is 0 Å². The Morgan fingerprint density at radius 1 is 0.368 bits per heavy atom. The highest BCUT2D eigenvalue weighted by Crippen LogP contribution is 2.39. The first-order valence-electron chi connectivity index (χ1n) is 19.0. The third-order valence-electron chi connectivity index (χ3n) is 11.0. The minimum Gasteiger partial charge on any atom is -0.454 e. The molecule has 12 aromatic rings. The average Bonchev–Trinajstić information content (AvgIpc) is 3.93. The molecule has 0 radical (unpaired) electrons. The first-order valence-corrected chi connectivity index (χ1v) is 19.0. The number of rotatable bonds is 5. The van der Waals surface area contributed by atoms with Crippen LogP contribution in [-0.4, -0.2) is 29.1 Å². The fraction of sp³-hybridized carbons (Fsp3) is 0. The standard InChI is InChI=1S/C50H30N6O/c1-3-12-31(13-4-1)48-52-49(32-14-5-2-6-15-32)54-50(53-48)56-42-19-10-8-17-37(42)39-25-22-34(29-44(39)56)33-21-24-38-36-16-7-9-18-41(36)55(43(38)28-33)35-23-26-45-40(30-35)47-46(57-45)20-11-27-51-47/h1-30H. The second-order valence-corrected chi connectivity index (χ2v) is 14.3. The van der Waals surface area contributed by atoms with Crippen LogP contribution in [0.15, 0.2) is 187 Å². The summed E-state index contributed by atoms with van der Waals surface area (Å²) in [6.45, 7) is 0. The molecule has 0 N–H and O–H groups in total. The molecule has 0 saturated heterocycles. The lowest BCUT2D eigenvalue weighted by atomic mass is 10.0. The SMILES string of the molecule is c1ccc(-c2nc(-c3ccccc3)nc(-n3c4ccccc4c4ccc(-c5ccc6c7ccccc7n(-c7ccc8oc9cccnc9c8c7)c6c5)cc43)n2)cc1. The van der Waals surface area contributed by atoms with Crippen molar-refractivity contribution >= 4 is 65.7 Å². The van der Waals surface area contributed by atoms with E-state index in [9.17, 15) is 0 Å². The fourth-order valence-electron chi connectivity index (χ4n) is 8.42. The molecule has 7 aromatic carbocycles. The Hall–Kier alpha value is -7.90. The summed E-state index contributed by atoms with van der Waals surface area (Å²) in [5.74, 6) is 1.81. The molecule has 266 valence electrons. The van der Waals surface area contributed by atoms with E-state index in [0.29, 0.717) is 17.6 Å². The number of benzene rings is 7. The van der Waals surface area contributed by atoms with Gasteiger partial charge in [0, 0.05) is 49.9 Å². The average molecular weight is 731 g/mol. The van der Waals surface area contributed by atoms with E-state index in [4.69, 9.17) is 19.4 Å². The highest BCUT2D eigenvalue weighted by atomic mass is 16.3. The van der Waals surface area contributed by atoms with Crippen LogP contribution in [0.1, 0.15) is 0 Å². The largest absolute Gasteiger partial charge is 0.454 e. The number of fused-ring (bicyclic) bond motifs is 9. The molecule has 0 aliphatic heterocycles. The lowest BCUT2D eigenvalue weighted by Gasteiger charge is -2.12. The van der Waals surface area contributed by atoms with Crippen molar-refractivity contribution in [1.82, 2.24) is 29.1 Å². The van der Waals surface area contributed by atoms with Gasteiger partial charge in [0.25, 0.3) is 0 Å². The van der Waals surface area contributed by atoms with Gasteiger partial charge in [-0.15, -0.1) is 0 Å². The summed E-state index contributed by atoms with van der Waals surface area (Å²) in [5, 5.41) is 5.64. The molecule has 0 saturated carbocycles. The molecule has 0 bridgehead atoms. The fourth-order valence-corrected chi connectivity index (χ4v) is 8.42. The van der Waals surface area contributed by atoms with E-state index in [1.165, 1.54) is 10.8 Å². The number of para-hydroxylation sites is 2. The quantitative estimate of drug-likeness (QED) is 0.176. The second kappa shape index (κ2) is 12.3. The van der Waals surface area contributed by atoms with Crippen molar-refractivity contribution in [3.8, 4) is 45.5 Å². The number of aromatic nitrogens is 6. The van der Waals surface area contributed by atoms with Gasteiger partial charge in [0.2, 0.25) is 5.95 Å². The van der Waals surface area contributed by atoms with Crippen LogP contribution in [0.25, 0.3) is 111 Å². The Kier molecular flexibility index (Phi) is 6.79. The molecule has 0 spiro atoms. The summed E-state index contributed by atoms with van der Waals surface area (Å²) in [4.78, 5) is 19.9. The molecule has 5 aromatic heterocycles. The predicted octanol–water partition coefficient (Wildman–Crippen LogP) is 12.4. The highest BCUT2D eigenvalue weighted by Gasteiger charge is 2.20. The third kappa shape index (κ3) is 4.92. The van der Waals surface area contributed by atoms with Gasteiger partial charge in [-0.3, -0.25) is 9.55 Å². The van der Waals surface area contributed by atoms with Gasteiger partial charge in [-0.05, 0) is 65.7 Å². The molecule has 7 heteroatoms. The van der Waals surface area contributed by atoms with E-state index in [-0.39, 0.29) is 0 Å². The van der Waals surface area contributed by atoms with Crippen LogP contribution in [0.5, 0.6) is 0 Å². The van der Waals surface area contributed by atoms with Gasteiger partial charge < -0.3 is 8.98 Å². The first-order chi connectivity index (χ1) is 28.2. The van der Waals surface area contributed by atoms with Gasteiger partial charge in [0.05, 0.1) is 22.1 Å². The molecule has 0 atom stereocenters. The van der Waals surface area contributed by atoms with E-state index >= 15 is 0 Å². The molecule has 0 amide bonds. The van der Waals surface area contributed by atoms with Gasteiger partial charge >= 0.3 is 0 Å². The number of nitrogens with zero attached hydrogens (tertiary/aromatic N) is 6. The Morgan fingerprint density at radius 3 is 1.58 bits per heavy atom. The molecule has 0 fully saturated rings. The van der Waals surface area contributed by atoms with E-state index in [2.05, 4.69) is 117 Å². The summed E-state index contributed by atoms with van der Waals surface area (Å²) in [6, 6.07) is 61.1. The van der Waals surface area contributed by atoms with Crippen LogP contribution < -0.4 is 0 Å². The van der Waals surface area contributed by atoms with Crippen molar-refractivity contribution in [2.45, 2.75) is 0 Å². The smallest absolute Gasteiger partial charge is 0.238 e. The minimum absolute atomic E-state index is 0.568. The van der Waals surface area contributed by atoms with Gasteiger partial charge in [-0.25, -0.2) is 4.98 Å². The van der Waals surface area contributed by atoms with Gasteiger partial charge in [-0.2, -0.15) is 9.97 Å². The maximum atomic E-state index is 6.15. The summed E-state index contributed by atoms with van der Waals surface area (Å²) in [5.41, 5.74) is 11.9. The van der Waals surface area contributed by atoms with Crippen LogP contribution in [0.3, 0.4) is 0 Å². The first kappa shape index (κ1) is 31.5.